The third kappa shape index (κ3) is 2.33. The average molecular weight is 218 g/mol. The van der Waals surface area contributed by atoms with Crippen molar-refractivity contribution in [2.24, 2.45) is 5.73 Å². The number of aromatic hydroxyl groups is 1. The first-order valence-electron chi connectivity index (χ1n) is 3.34. The molecule has 0 aliphatic carbocycles. The van der Waals surface area contributed by atoms with Crippen molar-refractivity contribution in [1.82, 2.24) is 0 Å². The number of non-ortho nitro benzene ring substituents is 1. The Kier molecular flexibility index (Phi) is 3.85. The molecular formula is C7H8ClN3O3. The second kappa shape index (κ2) is 4.43. The van der Waals surface area contributed by atoms with Crippen molar-refractivity contribution in [2.45, 2.75) is 0 Å². The molecule has 0 radical (unpaired) electrons. The summed E-state index contributed by atoms with van der Waals surface area (Å²) in [4.78, 5) is 9.61. The zero-order chi connectivity index (χ0) is 10.0. The highest BCUT2D eigenvalue weighted by Crippen LogP contribution is 2.22. The predicted molar refractivity (Wildman–Crippen MR) is 53.0 cm³/mol. The van der Waals surface area contributed by atoms with Gasteiger partial charge in [-0.15, -0.1) is 12.4 Å². The lowest BCUT2D eigenvalue weighted by molar-refractivity contribution is -0.384. The van der Waals surface area contributed by atoms with Crippen LogP contribution in [0.15, 0.2) is 18.2 Å². The van der Waals surface area contributed by atoms with Crippen LogP contribution in [0.2, 0.25) is 0 Å². The highest BCUT2D eigenvalue weighted by Gasteiger charge is 2.10. The van der Waals surface area contributed by atoms with E-state index < -0.39 is 4.92 Å². The topological polar surface area (TPSA) is 113 Å². The molecule has 0 aromatic heterocycles. The van der Waals surface area contributed by atoms with Gasteiger partial charge < -0.3 is 10.8 Å². The quantitative estimate of drug-likeness (QED) is 0.297. The van der Waals surface area contributed by atoms with Gasteiger partial charge in [-0.05, 0) is 6.07 Å². The van der Waals surface area contributed by atoms with Crippen LogP contribution < -0.4 is 5.73 Å². The monoisotopic (exact) mass is 217 g/mol. The smallest absolute Gasteiger partial charge is 0.273 e. The van der Waals surface area contributed by atoms with Crippen molar-refractivity contribution in [1.29, 1.82) is 5.41 Å². The lowest BCUT2D eigenvalue weighted by atomic mass is 10.1. The van der Waals surface area contributed by atoms with E-state index in [1.807, 2.05) is 0 Å². The first-order valence-corrected chi connectivity index (χ1v) is 3.34. The average Bonchev–Trinajstić information content (AvgIpc) is 2.03. The maximum absolute atomic E-state index is 10.2. The summed E-state index contributed by atoms with van der Waals surface area (Å²) in [5.41, 5.74) is 4.95. The molecule has 0 aliphatic rings. The number of nitrogens with two attached hydrogens (primary N) is 1. The summed E-state index contributed by atoms with van der Waals surface area (Å²) in [6.07, 6.45) is 0. The number of phenols is 1. The first kappa shape index (κ1) is 12.2. The number of rotatable bonds is 2. The van der Waals surface area contributed by atoms with E-state index in [2.05, 4.69) is 0 Å². The molecule has 7 heteroatoms. The summed E-state index contributed by atoms with van der Waals surface area (Å²) in [7, 11) is 0. The second-order valence-electron chi connectivity index (χ2n) is 2.37. The molecule has 0 aliphatic heterocycles. The van der Waals surface area contributed by atoms with Crippen LogP contribution in [-0.2, 0) is 0 Å². The minimum atomic E-state index is -0.635. The molecule has 6 nitrogen and oxygen atoms in total. The highest BCUT2D eigenvalue weighted by molar-refractivity contribution is 5.97. The molecule has 76 valence electrons. The van der Waals surface area contributed by atoms with E-state index in [1.54, 1.807) is 0 Å². The minimum Gasteiger partial charge on any atom is -0.507 e. The fourth-order valence-electron chi connectivity index (χ4n) is 0.861. The maximum Gasteiger partial charge on any atom is 0.273 e. The Morgan fingerprint density at radius 2 is 2.14 bits per heavy atom. The number of hydrogen-bond acceptors (Lipinski definition) is 4. The van der Waals surface area contributed by atoms with Gasteiger partial charge in [0.15, 0.2) is 0 Å². The van der Waals surface area contributed by atoms with E-state index in [4.69, 9.17) is 11.1 Å². The Balaban J connectivity index is 0.00000169. The lowest BCUT2D eigenvalue weighted by Crippen LogP contribution is -2.11. The Morgan fingerprint density at radius 3 is 2.50 bits per heavy atom. The van der Waals surface area contributed by atoms with Gasteiger partial charge in [-0.3, -0.25) is 15.5 Å². The molecule has 4 N–H and O–H groups in total. The van der Waals surface area contributed by atoms with Crippen LogP contribution in [0.4, 0.5) is 5.69 Å². The van der Waals surface area contributed by atoms with Crippen LogP contribution in [0.5, 0.6) is 5.75 Å². The number of nitrogen functional groups attached to an aromatic ring is 1. The van der Waals surface area contributed by atoms with Crippen molar-refractivity contribution < 1.29 is 10.0 Å². The number of nitrogens with one attached hydrogen (secondary N) is 1. The van der Waals surface area contributed by atoms with Crippen molar-refractivity contribution >= 4 is 23.9 Å². The summed E-state index contributed by atoms with van der Waals surface area (Å²) in [5, 5.41) is 26.4. The van der Waals surface area contributed by atoms with Gasteiger partial charge in [-0.25, -0.2) is 0 Å². The Labute approximate surface area is 85.4 Å². The Bertz CT molecular complexity index is 380. The van der Waals surface area contributed by atoms with Crippen molar-refractivity contribution in [3.8, 4) is 5.75 Å². The molecule has 1 aromatic carbocycles. The molecule has 0 atom stereocenters. The normalized spacial score (nSPS) is 8.86. The summed E-state index contributed by atoms with van der Waals surface area (Å²) in [6, 6.07) is 3.36. The number of nitro benzene ring substituents is 1. The van der Waals surface area contributed by atoms with Crippen LogP contribution in [0.25, 0.3) is 0 Å². The Hall–Kier alpha value is -1.82. The number of halogens is 1. The zero-order valence-electron chi connectivity index (χ0n) is 6.93. The van der Waals surface area contributed by atoms with Crippen LogP contribution in [0.3, 0.4) is 0 Å². The second-order valence-corrected chi connectivity index (χ2v) is 2.37. The summed E-state index contributed by atoms with van der Waals surface area (Å²) in [6.45, 7) is 0. The molecule has 1 rings (SSSR count). The van der Waals surface area contributed by atoms with Gasteiger partial charge in [0.2, 0.25) is 0 Å². The van der Waals surface area contributed by atoms with Crippen LogP contribution in [0.1, 0.15) is 5.56 Å². The molecule has 14 heavy (non-hydrogen) atoms. The lowest BCUT2D eigenvalue weighted by Gasteiger charge is -2.00. The molecule has 0 saturated heterocycles. The summed E-state index contributed by atoms with van der Waals surface area (Å²) in [5.74, 6) is -0.686. The highest BCUT2D eigenvalue weighted by atomic mass is 35.5. The van der Waals surface area contributed by atoms with Gasteiger partial charge in [-0.2, -0.15) is 0 Å². The number of nitro groups is 1. The van der Waals surface area contributed by atoms with Gasteiger partial charge in [0, 0.05) is 6.07 Å². The molecule has 0 unspecified atom stereocenters. The molecule has 1 aromatic rings. The van der Waals surface area contributed by atoms with E-state index in [0.29, 0.717) is 0 Å². The number of nitrogens with zero attached hydrogens (tertiary/aromatic N) is 1. The van der Waals surface area contributed by atoms with Crippen molar-refractivity contribution in [2.75, 3.05) is 0 Å². The molecule has 0 heterocycles. The molecule has 0 saturated carbocycles. The third-order valence-corrected chi connectivity index (χ3v) is 1.48. The number of amidine groups is 1. The van der Waals surface area contributed by atoms with Crippen molar-refractivity contribution in [3.05, 3.63) is 33.9 Å². The van der Waals surface area contributed by atoms with Gasteiger partial charge in [0.25, 0.3) is 5.69 Å². The van der Waals surface area contributed by atoms with Gasteiger partial charge in [0.05, 0.1) is 16.6 Å². The molecule has 0 spiro atoms. The van der Waals surface area contributed by atoms with E-state index in [-0.39, 0.29) is 35.2 Å². The fraction of sp³-hybridized carbons (Fsp3) is 0. The van der Waals surface area contributed by atoms with Gasteiger partial charge >= 0.3 is 0 Å². The first-order chi connectivity index (χ1) is 6.02. The third-order valence-electron chi connectivity index (χ3n) is 1.48. The van der Waals surface area contributed by atoms with Crippen LogP contribution >= 0.6 is 12.4 Å². The largest absolute Gasteiger partial charge is 0.507 e. The van der Waals surface area contributed by atoms with Crippen LogP contribution in [0, 0.1) is 15.5 Å². The van der Waals surface area contributed by atoms with E-state index >= 15 is 0 Å². The SMILES string of the molecule is Cl.N=C(N)c1ccc([N+](=O)[O-])cc1O. The van der Waals surface area contributed by atoms with E-state index in [9.17, 15) is 15.2 Å². The van der Waals surface area contributed by atoms with E-state index in [1.165, 1.54) is 12.1 Å². The molecule has 0 fully saturated rings. The Morgan fingerprint density at radius 1 is 1.57 bits per heavy atom. The minimum absolute atomic E-state index is 0. The summed E-state index contributed by atoms with van der Waals surface area (Å²) >= 11 is 0. The van der Waals surface area contributed by atoms with E-state index in [0.717, 1.165) is 6.07 Å². The number of phenolic OH excluding ortho intramolecular Hbond substituents is 1. The summed E-state index contributed by atoms with van der Waals surface area (Å²) < 4.78 is 0. The standard InChI is InChI=1S/C7H7N3O3.ClH/c8-7(9)5-2-1-4(10(12)13)3-6(5)11;/h1-3,11H,(H3,8,9);1H. The van der Waals surface area contributed by atoms with Gasteiger partial charge in [-0.1, -0.05) is 0 Å². The predicted octanol–water partition coefficient (Wildman–Crippen LogP) is 1.01. The molecule has 0 amide bonds. The number of benzene rings is 1. The van der Waals surface area contributed by atoms with Crippen molar-refractivity contribution in [3.63, 3.8) is 0 Å². The fourth-order valence-corrected chi connectivity index (χ4v) is 0.861. The van der Waals surface area contributed by atoms with Gasteiger partial charge in [0.1, 0.15) is 11.6 Å². The number of hydrogen-bond donors (Lipinski definition) is 3. The zero-order valence-corrected chi connectivity index (χ0v) is 7.75. The maximum atomic E-state index is 10.2. The molecule has 0 bridgehead atoms. The van der Waals surface area contributed by atoms with Crippen LogP contribution in [-0.4, -0.2) is 15.9 Å². The molecular weight excluding hydrogens is 210 g/mol.